The van der Waals surface area contributed by atoms with Crippen molar-refractivity contribution in [2.75, 3.05) is 7.11 Å². The first-order chi connectivity index (χ1) is 4.86. The van der Waals surface area contributed by atoms with Crippen molar-refractivity contribution in [3.05, 3.63) is 30.5 Å². The topological polar surface area (TPSA) is 22.1 Å². The van der Waals surface area contributed by atoms with Gasteiger partial charge in [0.1, 0.15) is 0 Å². The lowest BCUT2D eigenvalue weighted by Crippen LogP contribution is -1.86. The average Bonchev–Trinajstić information content (AvgIpc) is 2.05. The summed E-state index contributed by atoms with van der Waals surface area (Å²) in [7, 11) is 1.59. The highest BCUT2D eigenvalue weighted by Crippen LogP contribution is 2.08. The van der Waals surface area contributed by atoms with Crippen LogP contribution >= 0.6 is 0 Å². The number of hydrogen-bond acceptors (Lipinski definition) is 2. The molecule has 2 nitrogen and oxygen atoms in total. The van der Waals surface area contributed by atoms with Crippen molar-refractivity contribution in [1.29, 1.82) is 0 Å². The van der Waals surface area contributed by atoms with Crippen LogP contribution in [-0.4, -0.2) is 12.1 Å². The number of pyridine rings is 1. The second-order valence-corrected chi connectivity index (χ2v) is 1.84. The molecule has 0 atom stereocenters. The molecular formula is C8H9NO. The zero-order chi connectivity index (χ0) is 7.40. The third-order valence-electron chi connectivity index (χ3n) is 1.20. The lowest BCUT2D eigenvalue weighted by atomic mass is 10.3. The molecule has 0 saturated heterocycles. The van der Waals surface area contributed by atoms with E-state index in [9.17, 15) is 0 Å². The van der Waals surface area contributed by atoms with Crippen LogP contribution in [0.25, 0.3) is 6.08 Å². The molecule has 0 spiro atoms. The van der Waals surface area contributed by atoms with Crippen LogP contribution in [0.15, 0.2) is 24.9 Å². The first-order valence-electron chi connectivity index (χ1n) is 2.99. The Kier molecular flexibility index (Phi) is 2.05. The fourth-order valence-electron chi connectivity index (χ4n) is 0.663. The molecule has 0 amide bonds. The third kappa shape index (κ3) is 1.35. The maximum Gasteiger partial charge on any atom is 0.213 e. The minimum Gasteiger partial charge on any atom is -0.481 e. The molecule has 52 valence electrons. The Hall–Kier alpha value is -1.31. The Balaban J connectivity index is 2.98. The molecule has 1 aromatic rings. The second kappa shape index (κ2) is 3.01. The van der Waals surface area contributed by atoms with E-state index < -0.39 is 0 Å². The van der Waals surface area contributed by atoms with E-state index in [1.807, 2.05) is 12.1 Å². The molecule has 1 heterocycles. The minimum atomic E-state index is 0.623. The lowest BCUT2D eigenvalue weighted by Gasteiger charge is -1.97. The molecule has 0 aliphatic rings. The summed E-state index contributed by atoms with van der Waals surface area (Å²) in [6.45, 7) is 3.62. The largest absolute Gasteiger partial charge is 0.481 e. The van der Waals surface area contributed by atoms with Crippen LogP contribution in [0, 0.1) is 0 Å². The molecule has 1 aromatic heterocycles. The van der Waals surface area contributed by atoms with Crippen LogP contribution in [0.3, 0.4) is 0 Å². The number of aromatic nitrogens is 1. The zero-order valence-electron chi connectivity index (χ0n) is 5.87. The van der Waals surface area contributed by atoms with E-state index in [0.717, 1.165) is 5.56 Å². The van der Waals surface area contributed by atoms with E-state index in [0.29, 0.717) is 5.88 Å². The van der Waals surface area contributed by atoms with Crippen molar-refractivity contribution < 1.29 is 4.74 Å². The van der Waals surface area contributed by atoms with Gasteiger partial charge in [-0.2, -0.15) is 0 Å². The van der Waals surface area contributed by atoms with Crippen LogP contribution in [-0.2, 0) is 0 Å². The van der Waals surface area contributed by atoms with Gasteiger partial charge >= 0.3 is 0 Å². The van der Waals surface area contributed by atoms with Gasteiger partial charge in [0.25, 0.3) is 0 Å². The predicted octanol–water partition coefficient (Wildman–Crippen LogP) is 1.73. The van der Waals surface area contributed by atoms with Gasteiger partial charge in [0.2, 0.25) is 5.88 Å². The summed E-state index contributed by atoms with van der Waals surface area (Å²) in [4.78, 5) is 3.94. The minimum absolute atomic E-state index is 0.623. The van der Waals surface area contributed by atoms with Gasteiger partial charge in [0.15, 0.2) is 0 Å². The van der Waals surface area contributed by atoms with Crippen molar-refractivity contribution in [3.8, 4) is 5.88 Å². The summed E-state index contributed by atoms with van der Waals surface area (Å²) < 4.78 is 4.90. The Morgan fingerprint density at radius 1 is 1.70 bits per heavy atom. The molecular weight excluding hydrogens is 126 g/mol. The molecule has 0 aliphatic carbocycles. The maximum absolute atomic E-state index is 4.90. The van der Waals surface area contributed by atoms with Crippen LogP contribution in [0.1, 0.15) is 5.56 Å². The first kappa shape index (κ1) is 6.81. The van der Waals surface area contributed by atoms with Crippen molar-refractivity contribution in [2.24, 2.45) is 0 Å². The van der Waals surface area contributed by atoms with Gasteiger partial charge < -0.3 is 4.74 Å². The van der Waals surface area contributed by atoms with Crippen molar-refractivity contribution in [3.63, 3.8) is 0 Å². The Morgan fingerprint density at radius 2 is 2.50 bits per heavy atom. The van der Waals surface area contributed by atoms with Gasteiger partial charge in [-0.3, -0.25) is 0 Å². The van der Waals surface area contributed by atoms with Crippen LogP contribution < -0.4 is 4.74 Å². The van der Waals surface area contributed by atoms with Gasteiger partial charge in [-0.05, 0) is 11.6 Å². The molecule has 0 unspecified atom stereocenters. The highest BCUT2D eigenvalue weighted by molar-refractivity contribution is 5.47. The quantitative estimate of drug-likeness (QED) is 0.616. The van der Waals surface area contributed by atoms with E-state index in [-0.39, 0.29) is 0 Å². The first-order valence-corrected chi connectivity index (χ1v) is 2.99. The van der Waals surface area contributed by atoms with Gasteiger partial charge in [0, 0.05) is 12.3 Å². The fraction of sp³-hybridized carbons (Fsp3) is 0.125. The van der Waals surface area contributed by atoms with Crippen molar-refractivity contribution >= 4 is 6.08 Å². The summed E-state index contributed by atoms with van der Waals surface area (Å²) in [5, 5.41) is 0. The number of ether oxygens (including phenoxy) is 1. The Bertz CT molecular complexity index is 232. The van der Waals surface area contributed by atoms with E-state index in [1.54, 1.807) is 19.4 Å². The van der Waals surface area contributed by atoms with E-state index in [2.05, 4.69) is 11.6 Å². The summed E-state index contributed by atoms with van der Waals surface area (Å²) in [6.07, 6.45) is 3.44. The molecule has 2 heteroatoms. The molecule has 0 fully saturated rings. The maximum atomic E-state index is 4.90. The van der Waals surface area contributed by atoms with Gasteiger partial charge in [0.05, 0.1) is 7.11 Å². The molecule has 0 N–H and O–H groups in total. The molecule has 1 rings (SSSR count). The van der Waals surface area contributed by atoms with Crippen LogP contribution in [0.4, 0.5) is 0 Å². The SMILES string of the molecule is C=Cc1ccnc(OC)c1. The van der Waals surface area contributed by atoms with Gasteiger partial charge in [-0.15, -0.1) is 0 Å². The standard InChI is InChI=1S/C8H9NO/c1-3-7-4-5-9-8(6-7)10-2/h3-6H,1H2,2H3. The zero-order valence-corrected chi connectivity index (χ0v) is 5.87. The summed E-state index contributed by atoms with van der Waals surface area (Å²) in [5.41, 5.74) is 1.02. The van der Waals surface area contributed by atoms with Crippen molar-refractivity contribution in [2.45, 2.75) is 0 Å². The number of hydrogen-bond donors (Lipinski definition) is 0. The van der Waals surface area contributed by atoms with Crippen LogP contribution in [0.5, 0.6) is 5.88 Å². The second-order valence-electron chi connectivity index (χ2n) is 1.84. The normalized spacial score (nSPS) is 8.90. The summed E-state index contributed by atoms with van der Waals surface area (Å²) >= 11 is 0. The molecule has 0 radical (unpaired) electrons. The fourth-order valence-corrected chi connectivity index (χ4v) is 0.663. The van der Waals surface area contributed by atoms with Crippen molar-refractivity contribution in [1.82, 2.24) is 4.98 Å². The molecule has 0 aliphatic heterocycles. The molecule has 0 saturated carbocycles. The summed E-state index contributed by atoms with van der Waals surface area (Å²) in [5.74, 6) is 0.623. The molecule has 0 bridgehead atoms. The Labute approximate surface area is 60.2 Å². The van der Waals surface area contributed by atoms with Crippen LogP contribution in [0.2, 0.25) is 0 Å². The third-order valence-corrected chi connectivity index (χ3v) is 1.20. The monoisotopic (exact) mass is 135 g/mol. The smallest absolute Gasteiger partial charge is 0.213 e. The number of methoxy groups -OCH3 is 1. The molecule has 10 heavy (non-hydrogen) atoms. The van der Waals surface area contributed by atoms with Gasteiger partial charge in [-0.1, -0.05) is 12.7 Å². The molecule has 0 aromatic carbocycles. The van der Waals surface area contributed by atoms with E-state index in [4.69, 9.17) is 4.74 Å². The predicted molar refractivity (Wildman–Crippen MR) is 40.9 cm³/mol. The average molecular weight is 135 g/mol. The Morgan fingerprint density at radius 3 is 3.10 bits per heavy atom. The highest BCUT2D eigenvalue weighted by atomic mass is 16.5. The number of rotatable bonds is 2. The van der Waals surface area contributed by atoms with E-state index >= 15 is 0 Å². The lowest BCUT2D eigenvalue weighted by molar-refractivity contribution is 0.398. The summed E-state index contributed by atoms with van der Waals surface area (Å²) in [6, 6.07) is 3.70. The number of nitrogens with zero attached hydrogens (tertiary/aromatic N) is 1. The van der Waals surface area contributed by atoms with E-state index in [1.165, 1.54) is 0 Å². The highest BCUT2D eigenvalue weighted by Gasteiger charge is 1.90. The van der Waals surface area contributed by atoms with Gasteiger partial charge in [-0.25, -0.2) is 4.98 Å².